The van der Waals surface area contributed by atoms with Crippen molar-refractivity contribution in [1.82, 2.24) is 24.1 Å². The molecule has 0 aliphatic rings. The molecule has 17 rings (SSSR count). The zero-order chi connectivity index (χ0) is 65.6. The van der Waals surface area contributed by atoms with Crippen LogP contribution in [0.3, 0.4) is 0 Å². The van der Waals surface area contributed by atoms with Gasteiger partial charge < -0.3 is 9.13 Å². The molecule has 98 heavy (non-hydrogen) atoms. The number of nitrogens with zero attached hydrogens (tertiary/aromatic N) is 8. The fraction of sp³-hybridized carbons (Fsp3) is 0. The number of rotatable bonds is 12. The summed E-state index contributed by atoms with van der Waals surface area (Å²) in [6, 6.07) is 118. The monoisotopic (exact) mass is 1250 g/mol. The van der Waals surface area contributed by atoms with E-state index in [1.54, 1.807) is 0 Å². The first-order chi connectivity index (χ1) is 48.4. The van der Waals surface area contributed by atoms with E-state index in [4.69, 9.17) is 21.5 Å². The summed E-state index contributed by atoms with van der Waals surface area (Å²) in [7, 11) is 0. The van der Waals surface area contributed by atoms with Gasteiger partial charge in [0.25, 0.3) is 0 Å². The molecule has 8 nitrogen and oxygen atoms in total. The maximum Gasteiger partial charge on any atom is 0.187 e. The zero-order valence-corrected chi connectivity index (χ0v) is 52.8. The van der Waals surface area contributed by atoms with E-state index in [0.29, 0.717) is 34.3 Å². The second kappa shape index (κ2) is 24.6. The van der Waals surface area contributed by atoms with Gasteiger partial charge in [-0.2, -0.15) is 10.5 Å². The Morgan fingerprint density at radius 1 is 0.255 bits per heavy atom. The first-order valence-electron chi connectivity index (χ1n) is 32.4. The molecule has 0 N–H and O–H groups in total. The van der Waals surface area contributed by atoms with Gasteiger partial charge in [-0.15, -0.1) is 0 Å². The Hall–Kier alpha value is -13.8. The zero-order valence-electron chi connectivity index (χ0n) is 52.8. The Balaban J connectivity index is 0.925. The standard InChI is InChI=1S/C90H54N8/c1-93-73-41-33-65(34-42-73)76-44-36-72(55-87(76)98-84-47-39-68(62-22-10-4-11-23-62)52-80(84)81-53-69(40-48-85(81)98)63-24-12-5-13-25-63)89-94-88(95-90(96-89)77-28-15-14-27-74(77)70-26-16-17-59(49-70)57-92)71-35-43-75(64-31-29-58(56-91)30-32-64)86(54-71)97-82-45-37-66(60-18-6-2-7-19-60)50-78(82)79-51-67(38-46-83(79)97)61-20-8-3-9-21-61/h2-55H. The molecule has 0 aliphatic carbocycles. The highest BCUT2D eigenvalue weighted by molar-refractivity contribution is 6.14. The van der Waals surface area contributed by atoms with E-state index in [2.05, 4.69) is 238 Å². The third-order valence-corrected chi connectivity index (χ3v) is 18.7. The first-order valence-corrected chi connectivity index (χ1v) is 32.4. The van der Waals surface area contributed by atoms with E-state index in [1.165, 1.54) is 0 Å². The maximum atomic E-state index is 10.2. The molecule has 0 atom stereocenters. The topological polar surface area (TPSA) is 100 Å². The Morgan fingerprint density at radius 3 is 1.00 bits per heavy atom. The molecule has 0 aliphatic heterocycles. The number of nitriles is 2. The summed E-state index contributed by atoms with van der Waals surface area (Å²) >= 11 is 0. The van der Waals surface area contributed by atoms with E-state index < -0.39 is 0 Å². The minimum atomic E-state index is 0.441. The number of hydrogen-bond donors (Lipinski definition) is 0. The lowest BCUT2D eigenvalue weighted by atomic mass is 9.97. The lowest BCUT2D eigenvalue weighted by molar-refractivity contribution is 1.07. The lowest BCUT2D eigenvalue weighted by Crippen LogP contribution is -2.04. The van der Waals surface area contributed by atoms with Crippen LogP contribution in [0.2, 0.25) is 0 Å². The first kappa shape index (κ1) is 58.0. The molecule has 8 heteroatoms. The number of fused-ring (bicyclic) bond motifs is 6. The van der Waals surface area contributed by atoms with Gasteiger partial charge in [-0.05, 0) is 152 Å². The van der Waals surface area contributed by atoms with Crippen molar-refractivity contribution in [1.29, 1.82) is 10.5 Å². The highest BCUT2D eigenvalue weighted by atomic mass is 15.0. The Morgan fingerprint density at radius 2 is 0.602 bits per heavy atom. The Kier molecular flexibility index (Phi) is 14.5. The van der Waals surface area contributed by atoms with Crippen molar-refractivity contribution in [3.05, 3.63) is 350 Å². The summed E-state index contributed by atoms with van der Waals surface area (Å²) in [5, 5.41) is 24.6. The quantitative estimate of drug-likeness (QED) is 0.113. The second-order valence-electron chi connectivity index (χ2n) is 24.4. The molecular weight excluding hydrogens is 1190 g/mol. The summed E-state index contributed by atoms with van der Waals surface area (Å²) in [5.74, 6) is 1.33. The van der Waals surface area contributed by atoms with Crippen LogP contribution in [0.15, 0.2) is 328 Å². The van der Waals surface area contributed by atoms with Crippen molar-refractivity contribution in [2.24, 2.45) is 0 Å². The molecule has 0 saturated carbocycles. The van der Waals surface area contributed by atoms with Gasteiger partial charge >= 0.3 is 0 Å². The van der Waals surface area contributed by atoms with E-state index in [9.17, 15) is 10.5 Å². The fourth-order valence-corrected chi connectivity index (χ4v) is 13.9. The van der Waals surface area contributed by atoms with Crippen molar-refractivity contribution < 1.29 is 0 Å². The van der Waals surface area contributed by atoms with Crippen LogP contribution in [-0.2, 0) is 0 Å². The normalized spacial score (nSPS) is 11.2. The van der Waals surface area contributed by atoms with Crippen molar-refractivity contribution in [2.75, 3.05) is 0 Å². The minimum absolute atomic E-state index is 0.441. The number of aromatic nitrogens is 5. The second-order valence-corrected chi connectivity index (χ2v) is 24.4. The van der Waals surface area contributed by atoms with Gasteiger partial charge in [-0.1, -0.05) is 243 Å². The average Bonchev–Trinajstić information content (AvgIpc) is 1.58. The van der Waals surface area contributed by atoms with Gasteiger partial charge in [0.15, 0.2) is 23.2 Å². The van der Waals surface area contributed by atoms with E-state index in [1.807, 2.05) is 115 Å². The predicted octanol–water partition coefficient (Wildman–Crippen LogP) is 23.0. The Labute approximate surface area is 566 Å². The lowest BCUT2D eigenvalue weighted by Gasteiger charge is -2.18. The molecule has 0 radical (unpaired) electrons. The molecule has 454 valence electrons. The van der Waals surface area contributed by atoms with Crippen LogP contribution in [0.5, 0.6) is 0 Å². The van der Waals surface area contributed by atoms with Gasteiger partial charge in [-0.3, -0.25) is 0 Å². The Bertz CT molecular complexity index is 5590. The predicted molar refractivity (Wildman–Crippen MR) is 399 cm³/mol. The summed E-state index contributed by atoms with van der Waals surface area (Å²) in [6.45, 7) is 7.90. The van der Waals surface area contributed by atoms with Crippen LogP contribution in [-0.4, -0.2) is 24.1 Å². The molecule has 17 aromatic rings. The minimum Gasteiger partial charge on any atom is -0.309 e. The molecule has 0 unspecified atom stereocenters. The molecule has 14 aromatic carbocycles. The SMILES string of the molecule is [C-]#[N+]c1ccc(-c2ccc(-c3nc(-c4ccc(-c5ccc(C#N)cc5)c(-n5c6ccc(-c7ccccc7)cc6c6cc(-c7ccccc7)ccc65)c4)nc(-c4ccccc4-c4cccc(C#N)c4)n3)cc2-n2c3ccc(-c4ccccc4)cc3c3cc(-c4ccccc4)ccc32)cc1. The smallest absolute Gasteiger partial charge is 0.187 e. The van der Waals surface area contributed by atoms with Crippen LogP contribution in [0.1, 0.15) is 11.1 Å². The maximum absolute atomic E-state index is 10.2. The fourth-order valence-electron chi connectivity index (χ4n) is 13.9. The van der Waals surface area contributed by atoms with Crippen LogP contribution in [0.25, 0.3) is 172 Å². The van der Waals surface area contributed by atoms with Crippen LogP contribution < -0.4 is 0 Å². The summed E-state index contributed by atoms with van der Waals surface area (Å²) in [5.41, 5.74) is 24.1. The third-order valence-electron chi connectivity index (χ3n) is 18.7. The molecular formula is C90H54N8. The summed E-state index contributed by atoms with van der Waals surface area (Å²) < 4.78 is 4.72. The van der Waals surface area contributed by atoms with Crippen LogP contribution in [0.4, 0.5) is 5.69 Å². The van der Waals surface area contributed by atoms with E-state index in [0.717, 1.165) is 150 Å². The summed E-state index contributed by atoms with van der Waals surface area (Å²) in [4.78, 5) is 20.4. The average molecular weight is 1250 g/mol. The van der Waals surface area contributed by atoms with Crippen molar-refractivity contribution >= 4 is 49.3 Å². The van der Waals surface area contributed by atoms with Gasteiger partial charge in [-0.25, -0.2) is 19.8 Å². The van der Waals surface area contributed by atoms with Crippen molar-refractivity contribution in [3.63, 3.8) is 0 Å². The number of hydrogen-bond acceptors (Lipinski definition) is 5. The summed E-state index contributed by atoms with van der Waals surface area (Å²) in [6.07, 6.45) is 0. The van der Waals surface area contributed by atoms with Crippen molar-refractivity contribution in [2.45, 2.75) is 0 Å². The van der Waals surface area contributed by atoms with Crippen LogP contribution >= 0.6 is 0 Å². The largest absolute Gasteiger partial charge is 0.309 e. The highest BCUT2D eigenvalue weighted by Gasteiger charge is 2.24. The molecule has 0 saturated heterocycles. The van der Waals surface area contributed by atoms with Gasteiger partial charge in [0.05, 0.1) is 63.3 Å². The third kappa shape index (κ3) is 10.5. The molecule has 3 aromatic heterocycles. The van der Waals surface area contributed by atoms with Crippen molar-refractivity contribution in [3.8, 4) is 136 Å². The molecule has 0 bridgehead atoms. The van der Waals surface area contributed by atoms with Gasteiger partial charge in [0, 0.05) is 49.4 Å². The molecule has 3 heterocycles. The highest BCUT2D eigenvalue weighted by Crippen LogP contribution is 2.45. The van der Waals surface area contributed by atoms with E-state index >= 15 is 0 Å². The van der Waals surface area contributed by atoms with Gasteiger partial charge in [0.2, 0.25) is 0 Å². The van der Waals surface area contributed by atoms with E-state index in [-0.39, 0.29) is 0 Å². The molecule has 0 spiro atoms. The molecule has 0 fully saturated rings. The molecule has 0 amide bonds. The van der Waals surface area contributed by atoms with Gasteiger partial charge in [0.1, 0.15) is 0 Å². The number of benzene rings is 14. The van der Waals surface area contributed by atoms with Crippen LogP contribution in [0, 0.1) is 29.2 Å².